The van der Waals surface area contributed by atoms with E-state index in [0.717, 1.165) is 19.6 Å². The molecule has 0 unspecified atom stereocenters. The number of primary amides is 1. The molecular weight excluding hydrogens is 234 g/mol. The Morgan fingerprint density at radius 1 is 1.28 bits per heavy atom. The molecule has 0 atom stereocenters. The molecule has 6 nitrogen and oxygen atoms in total. The Kier molecular flexibility index (Phi) is 4.19. The van der Waals surface area contributed by atoms with Crippen LogP contribution in [0.4, 0.5) is 0 Å². The highest BCUT2D eigenvalue weighted by atomic mass is 16.5. The highest BCUT2D eigenvalue weighted by Crippen LogP contribution is 2.21. The van der Waals surface area contributed by atoms with Crippen LogP contribution in [0.3, 0.4) is 0 Å². The van der Waals surface area contributed by atoms with Crippen LogP contribution >= 0.6 is 0 Å². The van der Waals surface area contributed by atoms with E-state index in [1.165, 1.54) is 12.8 Å². The third-order valence-electron chi connectivity index (χ3n) is 3.53. The summed E-state index contributed by atoms with van der Waals surface area (Å²) in [6.07, 6.45) is 3.07. The molecule has 2 amide bonds. The Labute approximate surface area is 107 Å². The molecule has 6 heteroatoms. The maximum atomic E-state index is 11.8. The van der Waals surface area contributed by atoms with Crippen molar-refractivity contribution in [2.75, 3.05) is 32.8 Å². The Balaban J connectivity index is 1.73. The van der Waals surface area contributed by atoms with Crippen LogP contribution in [0.5, 0.6) is 0 Å². The second-order valence-electron chi connectivity index (χ2n) is 5.26. The predicted molar refractivity (Wildman–Crippen MR) is 65.8 cm³/mol. The molecule has 18 heavy (non-hydrogen) atoms. The fourth-order valence-electron chi connectivity index (χ4n) is 2.52. The van der Waals surface area contributed by atoms with Crippen molar-refractivity contribution in [3.8, 4) is 0 Å². The summed E-state index contributed by atoms with van der Waals surface area (Å²) < 4.78 is 5.09. The average Bonchev–Trinajstić information content (AvgIpc) is 2.75. The first-order valence-electron chi connectivity index (χ1n) is 6.49. The monoisotopic (exact) mass is 255 g/mol. The number of nitrogens with one attached hydrogen (secondary N) is 1. The van der Waals surface area contributed by atoms with Crippen LogP contribution in [0.2, 0.25) is 0 Å². The zero-order chi connectivity index (χ0) is 13.0. The Bertz CT molecular complexity index is 323. The summed E-state index contributed by atoms with van der Waals surface area (Å²) in [7, 11) is 0. The van der Waals surface area contributed by atoms with Gasteiger partial charge in [0, 0.05) is 13.0 Å². The Hall–Kier alpha value is -1.14. The lowest BCUT2D eigenvalue weighted by Crippen LogP contribution is -2.63. The standard InChI is InChI=1S/C12H21N3O3/c13-10(16)7-12(8-18-9-12)14-11(17)3-6-15-4-1-2-5-15/h1-9H2,(H2,13,16)(H,14,17). The van der Waals surface area contributed by atoms with Crippen molar-refractivity contribution in [1.82, 2.24) is 10.2 Å². The van der Waals surface area contributed by atoms with Crippen LogP contribution in [-0.4, -0.2) is 55.1 Å². The molecule has 2 rings (SSSR count). The summed E-state index contributed by atoms with van der Waals surface area (Å²) in [4.78, 5) is 25.1. The zero-order valence-corrected chi connectivity index (χ0v) is 10.6. The predicted octanol–water partition coefficient (Wildman–Crippen LogP) is -0.767. The molecule has 2 aliphatic heterocycles. The van der Waals surface area contributed by atoms with E-state index in [1.807, 2.05) is 0 Å². The Morgan fingerprint density at radius 2 is 1.94 bits per heavy atom. The van der Waals surface area contributed by atoms with Crippen molar-refractivity contribution in [1.29, 1.82) is 0 Å². The first-order chi connectivity index (χ1) is 8.60. The van der Waals surface area contributed by atoms with Crippen molar-refractivity contribution < 1.29 is 14.3 Å². The van der Waals surface area contributed by atoms with E-state index in [-0.39, 0.29) is 12.3 Å². The summed E-state index contributed by atoms with van der Waals surface area (Å²) in [5.41, 5.74) is 4.64. The third-order valence-corrected chi connectivity index (χ3v) is 3.53. The first-order valence-corrected chi connectivity index (χ1v) is 6.49. The molecule has 0 aromatic heterocycles. The van der Waals surface area contributed by atoms with Gasteiger partial charge in [-0.25, -0.2) is 0 Å². The van der Waals surface area contributed by atoms with Gasteiger partial charge < -0.3 is 20.7 Å². The molecule has 102 valence electrons. The number of rotatable bonds is 6. The molecule has 2 heterocycles. The van der Waals surface area contributed by atoms with Gasteiger partial charge in [0.25, 0.3) is 0 Å². The molecule has 0 aromatic carbocycles. The number of carbonyl (C=O) groups is 2. The van der Waals surface area contributed by atoms with E-state index in [1.54, 1.807) is 0 Å². The van der Waals surface area contributed by atoms with Crippen LogP contribution in [0.15, 0.2) is 0 Å². The summed E-state index contributed by atoms with van der Waals surface area (Å²) in [6.45, 7) is 3.72. The van der Waals surface area contributed by atoms with E-state index < -0.39 is 11.4 Å². The van der Waals surface area contributed by atoms with Gasteiger partial charge in [0.1, 0.15) is 0 Å². The van der Waals surface area contributed by atoms with Gasteiger partial charge in [-0.2, -0.15) is 0 Å². The molecule has 0 aliphatic carbocycles. The Morgan fingerprint density at radius 3 is 2.44 bits per heavy atom. The van der Waals surface area contributed by atoms with E-state index in [4.69, 9.17) is 10.5 Å². The molecule has 0 spiro atoms. The number of amides is 2. The quantitative estimate of drug-likeness (QED) is 0.653. The first kappa shape index (κ1) is 13.3. The van der Waals surface area contributed by atoms with Crippen LogP contribution in [0.1, 0.15) is 25.7 Å². The molecule has 0 radical (unpaired) electrons. The highest BCUT2D eigenvalue weighted by molar-refractivity contribution is 5.80. The lowest BCUT2D eigenvalue weighted by atomic mass is 9.92. The maximum absolute atomic E-state index is 11.8. The zero-order valence-electron chi connectivity index (χ0n) is 10.6. The number of nitrogens with two attached hydrogens (primary N) is 1. The van der Waals surface area contributed by atoms with Crippen molar-refractivity contribution in [2.45, 2.75) is 31.2 Å². The molecule has 3 N–H and O–H groups in total. The number of carbonyl (C=O) groups excluding carboxylic acids is 2. The van der Waals surface area contributed by atoms with Crippen molar-refractivity contribution in [3.63, 3.8) is 0 Å². The van der Waals surface area contributed by atoms with Gasteiger partial charge in [0.2, 0.25) is 11.8 Å². The molecule has 0 saturated carbocycles. The number of nitrogens with zero attached hydrogens (tertiary/aromatic N) is 1. The van der Waals surface area contributed by atoms with E-state index in [0.29, 0.717) is 19.6 Å². The minimum atomic E-state index is -0.548. The molecule has 0 aromatic rings. The fourth-order valence-corrected chi connectivity index (χ4v) is 2.52. The van der Waals surface area contributed by atoms with Gasteiger partial charge >= 0.3 is 0 Å². The summed E-state index contributed by atoms with van der Waals surface area (Å²) in [6, 6.07) is 0. The number of likely N-dealkylation sites (tertiary alicyclic amines) is 1. The second-order valence-corrected chi connectivity index (χ2v) is 5.26. The number of hydrogen-bond donors (Lipinski definition) is 2. The molecule has 2 fully saturated rings. The van der Waals surface area contributed by atoms with Gasteiger partial charge in [-0.3, -0.25) is 9.59 Å². The third kappa shape index (κ3) is 3.43. The van der Waals surface area contributed by atoms with Crippen LogP contribution in [-0.2, 0) is 14.3 Å². The minimum Gasteiger partial charge on any atom is -0.376 e. The average molecular weight is 255 g/mol. The lowest BCUT2D eigenvalue weighted by molar-refractivity contribution is -0.138. The van der Waals surface area contributed by atoms with Gasteiger partial charge in [0.05, 0.1) is 25.2 Å². The largest absolute Gasteiger partial charge is 0.376 e. The van der Waals surface area contributed by atoms with E-state index in [2.05, 4.69) is 10.2 Å². The van der Waals surface area contributed by atoms with Crippen LogP contribution < -0.4 is 11.1 Å². The number of ether oxygens (including phenoxy) is 1. The topological polar surface area (TPSA) is 84.7 Å². The van der Waals surface area contributed by atoms with Crippen molar-refractivity contribution in [3.05, 3.63) is 0 Å². The van der Waals surface area contributed by atoms with Gasteiger partial charge in [-0.15, -0.1) is 0 Å². The van der Waals surface area contributed by atoms with E-state index >= 15 is 0 Å². The van der Waals surface area contributed by atoms with Gasteiger partial charge in [-0.05, 0) is 25.9 Å². The van der Waals surface area contributed by atoms with Crippen molar-refractivity contribution >= 4 is 11.8 Å². The van der Waals surface area contributed by atoms with Crippen molar-refractivity contribution in [2.24, 2.45) is 5.73 Å². The SMILES string of the molecule is NC(=O)CC1(NC(=O)CCN2CCCC2)COC1. The van der Waals surface area contributed by atoms with Crippen LogP contribution in [0.25, 0.3) is 0 Å². The molecular formula is C12H21N3O3. The minimum absolute atomic E-state index is 0.0218. The summed E-state index contributed by atoms with van der Waals surface area (Å²) >= 11 is 0. The van der Waals surface area contributed by atoms with Crippen LogP contribution in [0, 0.1) is 0 Å². The smallest absolute Gasteiger partial charge is 0.221 e. The number of hydrogen-bond acceptors (Lipinski definition) is 4. The lowest BCUT2D eigenvalue weighted by Gasteiger charge is -2.41. The van der Waals surface area contributed by atoms with Gasteiger partial charge in [-0.1, -0.05) is 0 Å². The van der Waals surface area contributed by atoms with E-state index in [9.17, 15) is 9.59 Å². The normalized spacial score (nSPS) is 22.4. The maximum Gasteiger partial charge on any atom is 0.221 e. The second kappa shape index (κ2) is 5.67. The molecule has 0 bridgehead atoms. The van der Waals surface area contributed by atoms with Gasteiger partial charge in [0.15, 0.2) is 0 Å². The molecule has 2 aliphatic rings. The summed E-state index contributed by atoms with van der Waals surface area (Å²) in [5.74, 6) is -0.426. The summed E-state index contributed by atoms with van der Waals surface area (Å²) in [5, 5.41) is 2.89. The fraction of sp³-hybridized carbons (Fsp3) is 0.833. The molecule has 2 saturated heterocycles. The highest BCUT2D eigenvalue weighted by Gasteiger charge is 2.41.